The molecule has 1 unspecified atom stereocenters. The molecular formula is C13H10ClF2N. The minimum Gasteiger partial charge on any atom is -0.320 e. The van der Waals surface area contributed by atoms with Gasteiger partial charge in [0.15, 0.2) is 0 Å². The molecule has 2 aromatic carbocycles. The lowest BCUT2D eigenvalue weighted by Crippen LogP contribution is -2.11. The fourth-order valence-corrected chi connectivity index (χ4v) is 1.76. The highest BCUT2D eigenvalue weighted by atomic mass is 35.5. The van der Waals surface area contributed by atoms with E-state index in [1.165, 1.54) is 24.3 Å². The summed E-state index contributed by atoms with van der Waals surface area (Å²) in [5.74, 6) is -0.806. The molecule has 0 saturated carbocycles. The predicted molar refractivity (Wildman–Crippen MR) is 63.8 cm³/mol. The maximum absolute atomic E-state index is 13.0. The van der Waals surface area contributed by atoms with Crippen molar-refractivity contribution in [2.75, 3.05) is 0 Å². The topological polar surface area (TPSA) is 26.0 Å². The van der Waals surface area contributed by atoms with E-state index in [4.69, 9.17) is 17.3 Å². The lowest BCUT2D eigenvalue weighted by atomic mass is 10.00. The van der Waals surface area contributed by atoms with Crippen molar-refractivity contribution >= 4 is 11.6 Å². The van der Waals surface area contributed by atoms with Crippen LogP contribution in [0.1, 0.15) is 17.2 Å². The summed E-state index contributed by atoms with van der Waals surface area (Å²) in [6.45, 7) is 0. The van der Waals surface area contributed by atoms with Gasteiger partial charge >= 0.3 is 0 Å². The van der Waals surface area contributed by atoms with E-state index in [1.807, 2.05) is 0 Å². The molecule has 2 N–H and O–H groups in total. The van der Waals surface area contributed by atoms with Gasteiger partial charge in [-0.15, -0.1) is 0 Å². The fourth-order valence-electron chi connectivity index (χ4n) is 1.57. The van der Waals surface area contributed by atoms with Gasteiger partial charge in [-0.25, -0.2) is 8.78 Å². The molecule has 0 aliphatic rings. The van der Waals surface area contributed by atoms with Crippen molar-refractivity contribution in [3.8, 4) is 0 Å². The number of halogens is 3. The van der Waals surface area contributed by atoms with Gasteiger partial charge in [0.25, 0.3) is 0 Å². The second kappa shape index (κ2) is 4.82. The van der Waals surface area contributed by atoms with Crippen LogP contribution in [0, 0.1) is 11.6 Å². The normalized spacial score (nSPS) is 12.5. The molecule has 0 aliphatic heterocycles. The highest BCUT2D eigenvalue weighted by Crippen LogP contribution is 2.24. The number of rotatable bonds is 2. The average molecular weight is 254 g/mol. The molecule has 0 aliphatic carbocycles. The van der Waals surface area contributed by atoms with Crippen LogP contribution in [0.3, 0.4) is 0 Å². The Morgan fingerprint density at radius 2 is 1.53 bits per heavy atom. The molecule has 0 bridgehead atoms. The maximum Gasteiger partial charge on any atom is 0.141 e. The van der Waals surface area contributed by atoms with Crippen LogP contribution in [-0.4, -0.2) is 0 Å². The molecule has 17 heavy (non-hydrogen) atoms. The lowest BCUT2D eigenvalue weighted by Gasteiger charge is -2.13. The van der Waals surface area contributed by atoms with Crippen LogP contribution in [0.5, 0.6) is 0 Å². The molecule has 2 rings (SSSR count). The lowest BCUT2D eigenvalue weighted by molar-refractivity contribution is 0.625. The van der Waals surface area contributed by atoms with Crippen LogP contribution in [0.25, 0.3) is 0 Å². The Labute approximate surface area is 103 Å². The van der Waals surface area contributed by atoms with E-state index in [1.54, 1.807) is 18.2 Å². The first-order valence-electron chi connectivity index (χ1n) is 5.04. The molecule has 1 atom stereocenters. The van der Waals surface area contributed by atoms with Crippen LogP contribution in [0.2, 0.25) is 5.02 Å². The van der Waals surface area contributed by atoms with E-state index < -0.39 is 11.9 Å². The van der Waals surface area contributed by atoms with Crippen molar-refractivity contribution in [1.29, 1.82) is 0 Å². The average Bonchev–Trinajstić information content (AvgIpc) is 2.33. The third-order valence-electron chi connectivity index (χ3n) is 2.53. The van der Waals surface area contributed by atoms with E-state index in [2.05, 4.69) is 0 Å². The van der Waals surface area contributed by atoms with Gasteiger partial charge in [-0.1, -0.05) is 29.8 Å². The van der Waals surface area contributed by atoms with E-state index in [0.717, 1.165) is 5.56 Å². The molecule has 0 heterocycles. The van der Waals surface area contributed by atoms with E-state index in [9.17, 15) is 8.78 Å². The van der Waals surface area contributed by atoms with Crippen LogP contribution in [-0.2, 0) is 0 Å². The molecule has 1 nitrogen and oxygen atoms in total. The van der Waals surface area contributed by atoms with Crippen LogP contribution >= 0.6 is 11.6 Å². The van der Waals surface area contributed by atoms with Crippen LogP contribution in [0.4, 0.5) is 8.78 Å². The van der Waals surface area contributed by atoms with Crippen molar-refractivity contribution in [2.45, 2.75) is 6.04 Å². The molecule has 0 amide bonds. The highest BCUT2D eigenvalue weighted by molar-refractivity contribution is 6.30. The summed E-state index contributed by atoms with van der Waals surface area (Å²) in [4.78, 5) is 0. The summed E-state index contributed by atoms with van der Waals surface area (Å²) in [5, 5.41) is 0.0278. The first-order chi connectivity index (χ1) is 8.08. The second-order valence-electron chi connectivity index (χ2n) is 3.70. The van der Waals surface area contributed by atoms with Crippen LogP contribution in [0.15, 0.2) is 42.5 Å². The van der Waals surface area contributed by atoms with Gasteiger partial charge < -0.3 is 5.73 Å². The molecule has 0 fully saturated rings. The highest BCUT2D eigenvalue weighted by Gasteiger charge is 2.10. The van der Waals surface area contributed by atoms with Gasteiger partial charge in [0.05, 0.1) is 11.1 Å². The quantitative estimate of drug-likeness (QED) is 0.868. The Hall–Kier alpha value is -1.45. The molecule has 4 heteroatoms. The molecule has 88 valence electrons. The monoisotopic (exact) mass is 253 g/mol. The largest absolute Gasteiger partial charge is 0.320 e. The second-order valence-corrected chi connectivity index (χ2v) is 4.11. The summed E-state index contributed by atoms with van der Waals surface area (Å²) in [7, 11) is 0. The summed E-state index contributed by atoms with van der Waals surface area (Å²) in [5.41, 5.74) is 7.41. The van der Waals surface area contributed by atoms with Gasteiger partial charge in [-0.05, 0) is 35.4 Å². The van der Waals surface area contributed by atoms with Crippen LogP contribution < -0.4 is 5.73 Å². The summed E-state index contributed by atoms with van der Waals surface area (Å²) in [6.07, 6.45) is 0. The number of nitrogens with two attached hydrogens (primary N) is 1. The minimum atomic E-state index is -0.485. The third kappa shape index (κ3) is 2.62. The maximum atomic E-state index is 13.0. The number of hydrogen-bond acceptors (Lipinski definition) is 1. The fraction of sp³-hybridized carbons (Fsp3) is 0.0769. The van der Waals surface area contributed by atoms with Crippen molar-refractivity contribution in [3.05, 3.63) is 70.2 Å². The van der Waals surface area contributed by atoms with E-state index in [-0.39, 0.29) is 10.8 Å². The molecule has 0 spiro atoms. The first kappa shape index (κ1) is 12.0. The van der Waals surface area contributed by atoms with Gasteiger partial charge in [0.1, 0.15) is 11.6 Å². The van der Waals surface area contributed by atoms with E-state index >= 15 is 0 Å². The van der Waals surface area contributed by atoms with E-state index in [0.29, 0.717) is 5.56 Å². The van der Waals surface area contributed by atoms with Crippen molar-refractivity contribution in [1.82, 2.24) is 0 Å². The molecule has 0 aromatic heterocycles. The number of benzene rings is 2. The molecule has 0 radical (unpaired) electrons. The summed E-state index contributed by atoms with van der Waals surface area (Å²) >= 11 is 5.68. The summed E-state index contributed by atoms with van der Waals surface area (Å²) in [6, 6.07) is 9.71. The van der Waals surface area contributed by atoms with Gasteiger partial charge in [0.2, 0.25) is 0 Å². The zero-order valence-electron chi connectivity index (χ0n) is 8.83. The SMILES string of the molecule is NC(c1ccc(F)cc1)c1ccc(F)c(Cl)c1. The standard InChI is InChI=1S/C13H10ClF2N/c14-11-7-9(3-6-12(11)16)13(17)8-1-4-10(15)5-2-8/h1-7,13H,17H2. The van der Waals surface area contributed by atoms with Crippen molar-refractivity contribution in [3.63, 3.8) is 0 Å². The Morgan fingerprint density at radius 1 is 0.941 bits per heavy atom. The Balaban J connectivity index is 2.33. The number of hydrogen-bond donors (Lipinski definition) is 1. The van der Waals surface area contributed by atoms with Gasteiger partial charge in [-0.2, -0.15) is 0 Å². The summed E-state index contributed by atoms with van der Waals surface area (Å²) < 4.78 is 25.8. The minimum absolute atomic E-state index is 0.0278. The first-order valence-corrected chi connectivity index (χ1v) is 5.41. The zero-order valence-corrected chi connectivity index (χ0v) is 9.59. The van der Waals surface area contributed by atoms with Crippen molar-refractivity contribution < 1.29 is 8.78 Å². The zero-order chi connectivity index (χ0) is 12.4. The molecular weight excluding hydrogens is 244 g/mol. The Kier molecular flexibility index (Phi) is 3.41. The van der Waals surface area contributed by atoms with Gasteiger partial charge in [0, 0.05) is 0 Å². The molecule has 2 aromatic rings. The Bertz CT molecular complexity index is 525. The van der Waals surface area contributed by atoms with Gasteiger partial charge in [-0.3, -0.25) is 0 Å². The predicted octanol–water partition coefficient (Wildman–Crippen LogP) is 3.67. The smallest absolute Gasteiger partial charge is 0.141 e. The van der Waals surface area contributed by atoms with Crippen molar-refractivity contribution in [2.24, 2.45) is 5.73 Å². The Morgan fingerprint density at radius 3 is 2.12 bits per heavy atom. The third-order valence-corrected chi connectivity index (χ3v) is 2.82. The molecule has 0 saturated heterocycles.